The van der Waals surface area contributed by atoms with Crippen molar-refractivity contribution in [1.29, 1.82) is 0 Å². The minimum atomic E-state index is -1.84. The summed E-state index contributed by atoms with van der Waals surface area (Å²) in [5, 5.41) is 3.31. The van der Waals surface area contributed by atoms with Gasteiger partial charge < -0.3 is 4.98 Å². The van der Waals surface area contributed by atoms with Gasteiger partial charge >= 0.3 is 0 Å². The third kappa shape index (κ3) is 4.54. The molecule has 1 unspecified atom stereocenters. The maximum Gasteiger partial charge on any atom is 0.183 e. The van der Waals surface area contributed by atoms with E-state index in [1.54, 1.807) is 16.0 Å². The lowest BCUT2D eigenvalue weighted by Crippen LogP contribution is -2.63. The smallest absolute Gasteiger partial charge is 0.183 e. The van der Waals surface area contributed by atoms with Crippen molar-refractivity contribution in [2.75, 3.05) is 0 Å². The Morgan fingerprint density at radius 2 is 1.80 bits per heavy atom. The molecule has 0 bridgehead atoms. The van der Waals surface area contributed by atoms with E-state index < -0.39 is 8.24 Å². The molecule has 1 nitrogen and oxygen atoms in total. The Labute approximate surface area is 155 Å². The van der Waals surface area contributed by atoms with Gasteiger partial charge in [-0.15, -0.1) is 0 Å². The van der Waals surface area contributed by atoms with Crippen LogP contribution in [-0.2, 0) is 0 Å². The van der Waals surface area contributed by atoms with Crippen LogP contribution in [0.1, 0.15) is 71.1 Å². The van der Waals surface area contributed by atoms with Crippen LogP contribution in [0.5, 0.6) is 0 Å². The van der Waals surface area contributed by atoms with Gasteiger partial charge in [0.2, 0.25) is 0 Å². The van der Waals surface area contributed by atoms with Crippen molar-refractivity contribution >= 4 is 13.4 Å². The van der Waals surface area contributed by atoms with Gasteiger partial charge in [0, 0.05) is 6.04 Å². The van der Waals surface area contributed by atoms with Gasteiger partial charge in [0.25, 0.3) is 0 Å². The average molecular weight is 354 g/mol. The van der Waals surface area contributed by atoms with Gasteiger partial charge in [-0.25, -0.2) is 0 Å². The van der Waals surface area contributed by atoms with Crippen molar-refractivity contribution in [1.82, 2.24) is 4.98 Å². The van der Waals surface area contributed by atoms with E-state index >= 15 is 0 Å². The van der Waals surface area contributed by atoms with Crippen LogP contribution in [0.4, 0.5) is 0 Å². The van der Waals surface area contributed by atoms with Crippen LogP contribution in [0.15, 0.2) is 53.3 Å². The predicted molar refractivity (Wildman–Crippen MR) is 113 cm³/mol. The molecule has 1 N–H and O–H groups in total. The van der Waals surface area contributed by atoms with Gasteiger partial charge in [-0.1, -0.05) is 92.3 Å². The van der Waals surface area contributed by atoms with Gasteiger partial charge in [-0.05, 0) is 43.8 Å². The van der Waals surface area contributed by atoms with E-state index in [4.69, 9.17) is 0 Å². The molecule has 2 aliphatic carbocycles. The van der Waals surface area contributed by atoms with E-state index in [9.17, 15) is 0 Å². The summed E-state index contributed by atoms with van der Waals surface area (Å²) >= 11 is 0. The lowest BCUT2D eigenvalue weighted by molar-refractivity contribution is 0.415. The molecule has 0 amide bonds. The van der Waals surface area contributed by atoms with Gasteiger partial charge in [0.15, 0.2) is 8.24 Å². The molecular weight excluding hydrogens is 318 g/mol. The minimum absolute atomic E-state index is 0.718. The molecule has 0 heterocycles. The topological polar surface area (TPSA) is 12.0 Å². The molecule has 0 saturated heterocycles. The van der Waals surface area contributed by atoms with E-state index in [0.29, 0.717) is 0 Å². The SMILES string of the molecule is CCCCCC1=C([Si](C)(NC2CCCCC2)c2ccccc2)CC=C1. The molecule has 0 aromatic heterocycles. The molecule has 1 saturated carbocycles. The molecule has 3 rings (SSSR count). The van der Waals surface area contributed by atoms with E-state index in [0.717, 1.165) is 6.04 Å². The molecule has 1 fully saturated rings. The number of rotatable bonds is 8. The summed E-state index contributed by atoms with van der Waals surface area (Å²) in [5.41, 5.74) is 1.65. The first-order valence-corrected chi connectivity index (χ1v) is 13.0. The van der Waals surface area contributed by atoms with Gasteiger partial charge in [0.05, 0.1) is 0 Å². The molecule has 1 aromatic rings. The second kappa shape index (κ2) is 9.00. The maximum atomic E-state index is 4.25. The fraction of sp³-hybridized carbons (Fsp3) is 0.565. The fourth-order valence-electron chi connectivity index (χ4n) is 4.65. The summed E-state index contributed by atoms with van der Waals surface area (Å²) in [4.78, 5) is 4.25. The minimum Gasteiger partial charge on any atom is -0.328 e. The second-order valence-electron chi connectivity index (χ2n) is 8.04. The summed E-state index contributed by atoms with van der Waals surface area (Å²) in [6.45, 7) is 4.87. The van der Waals surface area contributed by atoms with Crippen LogP contribution in [0.25, 0.3) is 0 Å². The highest BCUT2D eigenvalue weighted by molar-refractivity contribution is 6.95. The number of benzene rings is 1. The molecule has 0 radical (unpaired) electrons. The molecule has 136 valence electrons. The Hall–Kier alpha value is -1.12. The summed E-state index contributed by atoms with van der Waals surface area (Å²) in [5.74, 6) is 0. The number of nitrogens with one attached hydrogen (secondary N) is 1. The first-order chi connectivity index (χ1) is 12.2. The summed E-state index contributed by atoms with van der Waals surface area (Å²) in [6.07, 6.45) is 18.2. The monoisotopic (exact) mass is 353 g/mol. The molecule has 2 aliphatic rings. The zero-order chi connectivity index (χ0) is 17.5. The molecular formula is C23H35NSi. The number of unbranched alkanes of at least 4 members (excludes halogenated alkanes) is 2. The Morgan fingerprint density at radius 3 is 2.52 bits per heavy atom. The Bertz CT molecular complexity index is 598. The highest BCUT2D eigenvalue weighted by Crippen LogP contribution is 2.31. The first kappa shape index (κ1) is 18.7. The van der Waals surface area contributed by atoms with Crippen molar-refractivity contribution in [3.63, 3.8) is 0 Å². The van der Waals surface area contributed by atoms with E-state index in [2.05, 4.69) is 60.9 Å². The van der Waals surface area contributed by atoms with Crippen molar-refractivity contribution in [3.8, 4) is 0 Å². The van der Waals surface area contributed by atoms with Crippen LogP contribution < -0.4 is 10.2 Å². The number of hydrogen-bond acceptors (Lipinski definition) is 1. The molecule has 0 spiro atoms. The summed E-state index contributed by atoms with van der Waals surface area (Å²) < 4.78 is 0. The zero-order valence-corrected chi connectivity index (χ0v) is 17.2. The lowest BCUT2D eigenvalue weighted by Gasteiger charge is -2.37. The third-order valence-corrected chi connectivity index (χ3v) is 10.3. The van der Waals surface area contributed by atoms with Crippen LogP contribution in [0.2, 0.25) is 6.55 Å². The predicted octanol–water partition coefficient (Wildman–Crippen LogP) is 5.77. The van der Waals surface area contributed by atoms with Crippen molar-refractivity contribution in [2.24, 2.45) is 0 Å². The fourth-order valence-corrected chi connectivity index (χ4v) is 8.68. The van der Waals surface area contributed by atoms with E-state index in [-0.39, 0.29) is 0 Å². The second-order valence-corrected chi connectivity index (χ2v) is 11.8. The van der Waals surface area contributed by atoms with E-state index in [1.807, 2.05) is 0 Å². The van der Waals surface area contributed by atoms with Crippen molar-refractivity contribution in [2.45, 2.75) is 83.7 Å². The van der Waals surface area contributed by atoms with Crippen molar-refractivity contribution in [3.05, 3.63) is 53.3 Å². The van der Waals surface area contributed by atoms with E-state index in [1.165, 1.54) is 64.2 Å². The molecule has 1 atom stereocenters. The molecule has 2 heteroatoms. The van der Waals surface area contributed by atoms with Crippen molar-refractivity contribution < 1.29 is 0 Å². The van der Waals surface area contributed by atoms with Crippen LogP contribution >= 0.6 is 0 Å². The van der Waals surface area contributed by atoms with Gasteiger partial charge in [0.1, 0.15) is 0 Å². The summed E-state index contributed by atoms with van der Waals surface area (Å²) in [6, 6.07) is 12.1. The highest BCUT2D eigenvalue weighted by atomic mass is 28.3. The Balaban J connectivity index is 1.88. The largest absolute Gasteiger partial charge is 0.328 e. The van der Waals surface area contributed by atoms with Crippen LogP contribution in [0, 0.1) is 0 Å². The van der Waals surface area contributed by atoms with Crippen LogP contribution in [-0.4, -0.2) is 14.3 Å². The maximum absolute atomic E-state index is 4.25. The lowest BCUT2D eigenvalue weighted by atomic mass is 9.96. The van der Waals surface area contributed by atoms with Gasteiger partial charge in [-0.2, -0.15) is 0 Å². The van der Waals surface area contributed by atoms with Gasteiger partial charge in [-0.3, -0.25) is 0 Å². The zero-order valence-electron chi connectivity index (χ0n) is 16.2. The third-order valence-electron chi connectivity index (χ3n) is 6.13. The van der Waals surface area contributed by atoms with Crippen LogP contribution in [0.3, 0.4) is 0 Å². The first-order valence-electron chi connectivity index (χ1n) is 10.5. The molecule has 25 heavy (non-hydrogen) atoms. The quantitative estimate of drug-likeness (QED) is 0.462. The Kier molecular flexibility index (Phi) is 6.72. The highest BCUT2D eigenvalue weighted by Gasteiger charge is 2.38. The number of hydrogen-bond donors (Lipinski definition) is 1. The summed E-state index contributed by atoms with van der Waals surface area (Å²) in [7, 11) is -1.84. The number of allylic oxidation sites excluding steroid dienone is 4. The Morgan fingerprint density at radius 1 is 1.04 bits per heavy atom. The molecule has 0 aliphatic heterocycles. The standard InChI is InChI=1S/C23H35NSi/c1-3-4-7-13-20-14-12-19-23(20)25(2,22-17-10-6-11-18-22)24-21-15-8-5-9-16-21/h6,10-12,14,17-18,21,24H,3-5,7-9,13,15-16,19H2,1-2H3. The molecule has 1 aromatic carbocycles. The normalized spacial score (nSPS) is 20.9. The average Bonchev–Trinajstić information content (AvgIpc) is 3.13.